The highest BCUT2D eigenvalue weighted by atomic mass is 32.9. The molecule has 3 aromatic carbocycles. The molecular formula is C25H24O3S2. The van der Waals surface area contributed by atoms with E-state index in [9.17, 15) is 9.59 Å². The standard InChI is InChI=1S/C9H10.C7H6O2.C7H4OS2.C2H4/c1-2-4-8(5-3-1)9-6-7-9;8-6-9-7-4-2-1-3-5-7;8-7-5-3-1-2-4-6(5)9-10-7;1-2/h1-5,9H,6-7H2;1-6H;1-4H;1-2H2. The molecule has 4 aromatic rings. The quantitative estimate of drug-likeness (QED) is 0.199. The summed E-state index contributed by atoms with van der Waals surface area (Å²) in [4.78, 5) is 20.8. The third-order valence-electron chi connectivity index (χ3n) is 4.09. The Morgan fingerprint density at radius 1 is 0.800 bits per heavy atom. The lowest BCUT2D eigenvalue weighted by molar-refractivity contribution is -0.120. The van der Waals surface area contributed by atoms with Crippen molar-refractivity contribution in [3.63, 3.8) is 0 Å². The first-order valence-corrected chi connectivity index (χ1v) is 11.6. The van der Waals surface area contributed by atoms with Gasteiger partial charge in [0.05, 0.1) is 5.39 Å². The zero-order chi connectivity index (χ0) is 21.6. The zero-order valence-electron chi connectivity index (χ0n) is 16.6. The Hall–Kier alpha value is -3.02. The van der Waals surface area contributed by atoms with Crippen LogP contribution in [-0.4, -0.2) is 6.47 Å². The Morgan fingerprint density at radius 2 is 1.37 bits per heavy atom. The topological polar surface area (TPSA) is 43.4 Å². The molecule has 30 heavy (non-hydrogen) atoms. The van der Waals surface area contributed by atoms with Gasteiger partial charge in [0.2, 0.25) is 0 Å². The van der Waals surface area contributed by atoms with Crippen molar-refractivity contribution in [3.8, 4) is 5.75 Å². The Morgan fingerprint density at radius 3 is 1.93 bits per heavy atom. The summed E-state index contributed by atoms with van der Waals surface area (Å²) in [5, 5.41) is 0.859. The maximum atomic E-state index is 11.0. The maximum Gasteiger partial charge on any atom is 0.298 e. The minimum absolute atomic E-state index is 0.181. The number of hydrogen-bond acceptors (Lipinski definition) is 5. The molecule has 0 amide bonds. The number of para-hydroxylation sites is 1. The largest absolute Gasteiger partial charge is 0.429 e. The summed E-state index contributed by atoms with van der Waals surface area (Å²) in [5.41, 5.74) is 1.53. The van der Waals surface area contributed by atoms with Crippen LogP contribution < -0.4 is 9.48 Å². The van der Waals surface area contributed by atoms with Crippen LogP contribution in [0.3, 0.4) is 0 Å². The molecule has 0 radical (unpaired) electrons. The van der Waals surface area contributed by atoms with Crippen LogP contribution in [0.1, 0.15) is 24.3 Å². The lowest BCUT2D eigenvalue weighted by atomic mass is 10.1. The average molecular weight is 437 g/mol. The van der Waals surface area contributed by atoms with E-state index >= 15 is 0 Å². The number of carbonyl (C=O) groups excluding carboxylic acids is 1. The average Bonchev–Trinajstić information content (AvgIpc) is 3.61. The molecule has 0 aliphatic heterocycles. The third kappa shape index (κ3) is 7.78. The van der Waals surface area contributed by atoms with Gasteiger partial charge >= 0.3 is 0 Å². The van der Waals surface area contributed by atoms with E-state index in [2.05, 4.69) is 48.2 Å². The molecule has 5 heteroatoms. The SMILES string of the molecule is C=C.O=COc1ccccc1.O=c1ssc2ccccc12.c1ccc(C2CC2)cc1. The predicted octanol–water partition coefficient (Wildman–Crippen LogP) is 6.91. The summed E-state index contributed by atoms with van der Waals surface area (Å²) < 4.78 is 5.80. The molecule has 154 valence electrons. The van der Waals surface area contributed by atoms with Gasteiger partial charge in [0.25, 0.3) is 11.2 Å². The molecule has 0 spiro atoms. The summed E-state index contributed by atoms with van der Waals surface area (Å²) >= 11 is 0. The molecule has 3 nitrogen and oxygen atoms in total. The van der Waals surface area contributed by atoms with Crippen molar-refractivity contribution in [2.45, 2.75) is 18.8 Å². The lowest BCUT2D eigenvalue weighted by Gasteiger charge is -1.92. The molecule has 1 aliphatic rings. The molecule has 5 rings (SSSR count). The molecule has 0 unspecified atom stereocenters. The van der Waals surface area contributed by atoms with E-state index in [0.717, 1.165) is 16.0 Å². The highest BCUT2D eigenvalue weighted by Crippen LogP contribution is 2.39. The maximum absolute atomic E-state index is 11.0. The molecule has 1 saturated carbocycles. The van der Waals surface area contributed by atoms with Crippen molar-refractivity contribution in [3.05, 3.63) is 113 Å². The van der Waals surface area contributed by atoms with Crippen LogP contribution in [0.2, 0.25) is 0 Å². The summed E-state index contributed by atoms with van der Waals surface area (Å²) in [6.07, 6.45) is 2.81. The van der Waals surface area contributed by atoms with E-state index in [1.54, 1.807) is 34.6 Å². The van der Waals surface area contributed by atoms with Crippen molar-refractivity contribution in [1.82, 2.24) is 0 Å². The highest BCUT2D eigenvalue weighted by molar-refractivity contribution is 7.71. The number of fused-ring (bicyclic) bond motifs is 1. The van der Waals surface area contributed by atoms with Crippen molar-refractivity contribution < 1.29 is 9.53 Å². The molecule has 1 heterocycles. The normalized spacial score (nSPS) is 11.5. The monoisotopic (exact) mass is 436 g/mol. The molecule has 1 aromatic heterocycles. The Balaban J connectivity index is 0.000000154. The molecule has 1 aliphatic carbocycles. The fraction of sp³-hybridized carbons (Fsp3) is 0.120. The second-order valence-corrected chi connectivity index (χ2v) is 8.31. The Bertz CT molecular complexity index is 1050. The third-order valence-corrected chi connectivity index (χ3v) is 6.32. The van der Waals surface area contributed by atoms with Gasteiger partial charge in [-0.15, -0.1) is 13.2 Å². The van der Waals surface area contributed by atoms with Gasteiger partial charge in [-0.3, -0.25) is 9.59 Å². The van der Waals surface area contributed by atoms with E-state index < -0.39 is 0 Å². The van der Waals surface area contributed by atoms with Gasteiger partial charge in [0.15, 0.2) is 0 Å². The number of hydrogen-bond donors (Lipinski definition) is 0. The van der Waals surface area contributed by atoms with Crippen LogP contribution in [0, 0.1) is 0 Å². The van der Waals surface area contributed by atoms with Crippen molar-refractivity contribution in [2.75, 3.05) is 0 Å². The minimum Gasteiger partial charge on any atom is -0.429 e. The zero-order valence-corrected chi connectivity index (χ0v) is 18.2. The molecule has 0 N–H and O–H groups in total. The molecule has 0 saturated heterocycles. The van der Waals surface area contributed by atoms with Crippen LogP contribution in [0.5, 0.6) is 5.75 Å². The van der Waals surface area contributed by atoms with Gasteiger partial charge < -0.3 is 4.74 Å². The van der Waals surface area contributed by atoms with E-state index in [1.807, 2.05) is 30.3 Å². The van der Waals surface area contributed by atoms with Gasteiger partial charge in [0, 0.05) is 4.70 Å². The first-order valence-electron chi connectivity index (χ1n) is 9.46. The Labute approximate surface area is 184 Å². The summed E-state index contributed by atoms with van der Waals surface area (Å²) in [6.45, 7) is 6.41. The van der Waals surface area contributed by atoms with Crippen molar-refractivity contribution >= 4 is 37.2 Å². The van der Waals surface area contributed by atoms with Gasteiger partial charge in [-0.05, 0) is 58.9 Å². The molecule has 0 bridgehead atoms. The first-order chi connectivity index (χ1) is 14.8. The van der Waals surface area contributed by atoms with E-state index in [1.165, 1.54) is 28.7 Å². The van der Waals surface area contributed by atoms with Crippen LogP contribution in [0.15, 0.2) is 103 Å². The van der Waals surface area contributed by atoms with Crippen molar-refractivity contribution in [1.29, 1.82) is 0 Å². The van der Waals surface area contributed by atoms with Crippen LogP contribution >= 0.6 is 20.7 Å². The fourth-order valence-corrected chi connectivity index (χ4v) is 4.62. The second kappa shape index (κ2) is 13.2. The van der Waals surface area contributed by atoms with Crippen molar-refractivity contribution in [2.24, 2.45) is 0 Å². The number of ether oxygens (including phenoxy) is 1. The summed E-state index contributed by atoms with van der Waals surface area (Å²) in [7, 11) is 2.85. The van der Waals surface area contributed by atoms with Crippen LogP contribution in [0.4, 0.5) is 0 Å². The molecule has 0 atom stereocenters. The summed E-state index contributed by atoms with van der Waals surface area (Å²) in [6, 6.07) is 27.3. The fourth-order valence-electron chi connectivity index (χ4n) is 2.53. The summed E-state index contributed by atoms with van der Waals surface area (Å²) in [5.74, 6) is 1.48. The molecular weight excluding hydrogens is 412 g/mol. The molecule has 1 fully saturated rings. The van der Waals surface area contributed by atoms with Crippen LogP contribution in [0.25, 0.3) is 10.1 Å². The number of carbonyl (C=O) groups is 1. The predicted molar refractivity (Wildman–Crippen MR) is 129 cm³/mol. The van der Waals surface area contributed by atoms with Gasteiger partial charge in [0.1, 0.15) is 5.75 Å². The number of benzene rings is 3. The Kier molecular flexibility index (Phi) is 10.3. The van der Waals surface area contributed by atoms with E-state index in [0.29, 0.717) is 12.2 Å². The smallest absolute Gasteiger partial charge is 0.298 e. The first kappa shape index (κ1) is 23.3. The van der Waals surface area contributed by atoms with E-state index in [-0.39, 0.29) is 4.74 Å². The second-order valence-electron chi connectivity index (χ2n) is 6.16. The highest BCUT2D eigenvalue weighted by Gasteiger charge is 2.22. The minimum atomic E-state index is 0.181. The van der Waals surface area contributed by atoms with Gasteiger partial charge in [-0.1, -0.05) is 71.0 Å². The lowest BCUT2D eigenvalue weighted by Crippen LogP contribution is -1.85. The van der Waals surface area contributed by atoms with Crippen LogP contribution in [-0.2, 0) is 4.79 Å². The van der Waals surface area contributed by atoms with Gasteiger partial charge in [-0.25, -0.2) is 0 Å². The number of rotatable bonds is 3. The van der Waals surface area contributed by atoms with E-state index in [4.69, 9.17) is 0 Å². The van der Waals surface area contributed by atoms with Gasteiger partial charge in [-0.2, -0.15) is 0 Å².